The summed E-state index contributed by atoms with van der Waals surface area (Å²) in [6.07, 6.45) is -1.01. The molecule has 0 saturated heterocycles. The van der Waals surface area contributed by atoms with Gasteiger partial charge in [-0.25, -0.2) is 13.2 Å². The third-order valence-corrected chi connectivity index (χ3v) is 2.48. The van der Waals surface area contributed by atoms with Gasteiger partial charge in [0.05, 0.1) is 12.1 Å². The first-order valence-corrected chi connectivity index (χ1v) is 4.93. The van der Waals surface area contributed by atoms with Crippen molar-refractivity contribution in [2.75, 3.05) is 0 Å². The van der Waals surface area contributed by atoms with Gasteiger partial charge in [-0.1, -0.05) is 19.9 Å². The monoisotopic (exact) mass is 269 g/mol. The third kappa shape index (κ3) is 3.34. The Balaban J connectivity index is 0.00000256. The smallest absolute Gasteiger partial charge is 0.194 e. The highest BCUT2D eigenvalue weighted by molar-refractivity contribution is 5.85. The normalized spacial score (nSPS) is 14.4. The minimum atomic E-state index is -1.57. The SMILES string of the molecule is CC(C)[C@@H](O)[C@@H](N)c1ccc(F)c(F)c1F.Cl. The molecule has 1 aromatic carbocycles. The zero-order valence-electron chi connectivity index (χ0n) is 9.45. The molecule has 0 aromatic heterocycles. The molecule has 0 aliphatic heterocycles. The van der Waals surface area contributed by atoms with Crippen molar-refractivity contribution in [2.45, 2.75) is 26.0 Å². The van der Waals surface area contributed by atoms with Gasteiger partial charge in [-0.15, -0.1) is 12.4 Å². The Morgan fingerprint density at radius 2 is 1.65 bits per heavy atom. The van der Waals surface area contributed by atoms with E-state index in [0.29, 0.717) is 0 Å². The van der Waals surface area contributed by atoms with Crippen LogP contribution in [0, 0.1) is 23.4 Å². The summed E-state index contributed by atoms with van der Waals surface area (Å²) in [7, 11) is 0. The van der Waals surface area contributed by atoms with Crippen LogP contribution in [-0.4, -0.2) is 11.2 Å². The molecule has 0 spiro atoms. The largest absolute Gasteiger partial charge is 0.391 e. The maximum atomic E-state index is 13.3. The molecule has 98 valence electrons. The van der Waals surface area contributed by atoms with Crippen molar-refractivity contribution >= 4 is 12.4 Å². The van der Waals surface area contributed by atoms with Crippen molar-refractivity contribution in [3.05, 3.63) is 35.1 Å². The lowest BCUT2D eigenvalue weighted by atomic mass is 9.94. The highest BCUT2D eigenvalue weighted by Crippen LogP contribution is 2.24. The molecule has 0 radical (unpaired) electrons. The van der Waals surface area contributed by atoms with E-state index in [4.69, 9.17) is 5.73 Å². The fourth-order valence-corrected chi connectivity index (χ4v) is 1.40. The van der Waals surface area contributed by atoms with Gasteiger partial charge in [0.2, 0.25) is 0 Å². The van der Waals surface area contributed by atoms with Crippen LogP contribution >= 0.6 is 12.4 Å². The zero-order valence-corrected chi connectivity index (χ0v) is 10.3. The molecule has 0 heterocycles. The number of hydrogen-bond donors (Lipinski definition) is 2. The summed E-state index contributed by atoms with van der Waals surface area (Å²) in [6, 6.07) is 0.764. The molecule has 2 nitrogen and oxygen atoms in total. The Kier molecular flexibility index (Phi) is 5.95. The summed E-state index contributed by atoms with van der Waals surface area (Å²) in [4.78, 5) is 0. The fourth-order valence-electron chi connectivity index (χ4n) is 1.40. The topological polar surface area (TPSA) is 46.2 Å². The summed E-state index contributed by atoms with van der Waals surface area (Å²) >= 11 is 0. The Hall–Kier alpha value is -0.780. The van der Waals surface area contributed by atoms with Crippen molar-refractivity contribution in [1.29, 1.82) is 0 Å². The van der Waals surface area contributed by atoms with E-state index >= 15 is 0 Å². The lowest BCUT2D eigenvalue weighted by Gasteiger charge is -2.22. The number of aliphatic hydroxyl groups is 1. The van der Waals surface area contributed by atoms with Crippen LogP contribution in [0.1, 0.15) is 25.5 Å². The summed E-state index contributed by atoms with van der Waals surface area (Å²) in [5.74, 6) is -4.38. The summed E-state index contributed by atoms with van der Waals surface area (Å²) < 4.78 is 38.9. The van der Waals surface area contributed by atoms with Gasteiger partial charge in [-0.05, 0) is 12.0 Å². The van der Waals surface area contributed by atoms with Gasteiger partial charge in [-0.2, -0.15) is 0 Å². The molecule has 0 unspecified atom stereocenters. The average Bonchev–Trinajstić information content (AvgIpc) is 2.24. The Bertz CT molecular complexity index is 387. The molecule has 1 aromatic rings. The van der Waals surface area contributed by atoms with Crippen LogP contribution in [0.2, 0.25) is 0 Å². The maximum Gasteiger partial charge on any atom is 0.194 e. The summed E-state index contributed by atoms with van der Waals surface area (Å²) in [5.41, 5.74) is 5.36. The van der Waals surface area contributed by atoms with Gasteiger partial charge < -0.3 is 10.8 Å². The number of halogens is 4. The molecular weight excluding hydrogens is 255 g/mol. The molecule has 0 aliphatic rings. The molecule has 0 amide bonds. The Morgan fingerprint density at radius 3 is 2.12 bits per heavy atom. The second-order valence-corrected chi connectivity index (χ2v) is 4.02. The second-order valence-electron chi connectivity index (χ2n) is 4.02. The molecule has 6 heteroatoms. The van der Waals surface area contributed by atoms with Crippen molar-refractivity contribution in [2.24, 2.45) is 11.7 Å². The molecule has 0 saturated carbocycles. The second kappa shape index (κ2) is 6.23. The van der Waals surface area contributed by atoms with Crippen LogP contribution in [0.4, 0.5) is 13.2 Å². The van der Waals surface area contributed by atoms with E-state index in [1.807, 2.05) is 0 Å². The van der Waals surface area contributed by atoms with Gasteiger partial charge >= 0.3 is 0 Å². The van der Waals surface area contributed by atoms with Crippen molar-refractivity contribution < 1.29 is 18.3 Å². The van der Waals surface area contributed by atoms with E-state index in [0.717, 1.165) is 12.1 Å². The van der Waals surface area contributed by atoms with Crippen LogP contribution in [0.15, 0.2) is 12.1 Å². The standard InChI is InChI=1S/C11H14F3NO.ClH/c1-5(2)11(16)10(15)6-3-4-7(12)9(14)8(6)13;/h3-5,10-11,16H,15H2,1-2H3;1H/t10-,11+;/m0./s1. The van der Waals surface area contributed by atoms with Gasteiger partial charge in [0.1, 0.15) is 0 Å². The van der Waals surface area contributed by atoms with Crippen LogP contribution in [0.3, 0.4) is 0 Å². The molecule has 3 N–H and O–H groups in total. The maximum absolute atomic E-state index is 13.3. The van der Waals surface area contributed by atoms with E-state index in [1.165, 1.54) is 0 Å². The van der Waals surface area contributed by atoms with Gasteiger partial charge in [-0.3, -0.25) is 0 Å². The van der Waals surface area contributed by atoms with Gasteiger partial charge in [0.25, 0.3) is 0 Å². The van der Waals surface area contributed by atoms with Crippen LogP contribution in [-0.2, 0) is 0 Å². The minimum Gasteiger partial charge on any atom is -0.391 e. The highest BCUT2D eigenvalue weighted by Gasteiger charge is 2.25. The van der Waals surface area contributed by atoms with E-state index in [1.54, 1.807) is 13.8 Å². The van der Waals surface area contributed by atoms with Crippen LogP contribution in [0.25, 0.3) is 0 Å². The Labute approximate surface area is 104 Å². The molecule has 0 fully saturated rings. The third-order valence-electron chi connectivity index (χ3n) is 2.48. The average molecular weight is 270 g/mol. The summed E-state index contributed by atoms with van der Waals surface area (Å²) in [6.45, 7) is 3.39. The number of rotatable bonds is 3. The minimum absolute atomic E-state index is 0. The molecule has 1 rings (SSSR count). The molecular formula is C11H15ClF3NO. The van der Waals surface area contributed by atoms with Crippen molar-refractivity contribution in [1.82, 2.24) is 0 Å². The van der Waals surface area contributed by atoms with E-state index in [2.05, 4.69) is 0 Å². The number of hydrogen-bond acceptors (Lipinski definition) is 2. The van der Waals surface area contributed by atoms with E-state index in [-0.39, 0.29) is 23.9 Å². The number of benzene rings is 1. The quantitative estimate of drug-likeness (QED) is 0.829. The zero-order chi connectivity index (χ0) is 12.5. The van der Waals surface area contributed by atoms with Crippen molar-refractivity contribution in [3.63, 3.8) is 0 Å². The summed E-state index contributed by atoms with van der Waals surface area (Å²) in [5, 5.41) is 9.63. The van der Waals surface area contributed by atoms with Gasteiger partial charge in [0, 0.05) is 5.56 Å². The molecule has 0 aliphatic carbocycles. The predicted octanol–water partition coefficient (Wildman–Crippen LogP) is 2.54. The Morgan fingerprint density at radius 1 is 1.12 bits per heavy atom. The first-order valence-electron chi connectivity index (χ1n) is 4.93. The molecule has 2 atom stereocenters. The lowest BCUT2D eigenvalue weighted by molar-refractivity contribution is 0.0962. The van der Waals surface area contributed by atoms with Gasteiger partial charge in [0.15, 0.2) is 17.5 Å². The first kappa shape index (κ1) is 16.2. The molecule has 0 bridgehead atoms. The van der Waals surface area contributed by atoms with Crippen LogP contribution < -0.4 is 5.73 Å². The highest BCUT2D eigenvalue weighted by atomic mass is 35.5. The number of aliphatic hydroxyl groups excluding tert-OH is 1. The fraction of sp³-hybridized carbons (Fsp3) is 0.455. The number of nitrogens with two attached hydrogens (primary N) is 1. The van der Waals surface area contributed by atoms with Crippen molar-refractivity contribution in [3.8, 4) is 0 Å². The van der Waals surface area contributed by atoms with E-state index in [9.17, 15) is 18.3 Å². The molecule has 17 heavy (non-hydrogen) atoms. The predicted molar refractivity (Wildman–Crippen MR) is 61.3 cm³/mol. The van der Waals surface area contributed by atoms with Crippen LogP contribution in [0.5, 0.6) is 0 Å². The van der Waals surface area contributed by atoms with E-state index < -0.39 is 29.6 Å². The first-order chi connectivity index (χ1) is 7.36. The lowest BCUT2D eigenvalue weighted by Crippen LogP contribution is -2.31.